The second-order valence-corrected chi connectivity index (χ2v) is 8.07. The van der Waals surface area contributed by atoms with Crippen molar-refractivity contribution in [3.63, 3.8) is 0 Å². The van der Waals surface area contributed by atoms with Crippen LogP contribution in [0.4, 0.5) is 0 Å². The Morgan fingerprint density at radius 1 is 1.46 bits per heavy atom. The van der Waals surface area contributed by atoms with Crippen molar-refractivity contribution in [2.75, 3.05) is 25.1 Å². The third-order valence-electron chi connectivity index (χ3n) is 4.54. The van der Waals surface area contributed by atoms with Crippen molar-refractivity contribution in [3.8, 4) is 0 Å². The number of aryl methyl sites for hydroxylation is 1. The molecule has 0 saturated carbocycles. The molecule has 1 atom stereocenters. The van der Waals surface area contributed by atoms with E-state index >= 15 is 0 Å². The number of fused-ring (bicyclic) bond motifs is 1. The van der Waals surface area contributed by atoms with Crippen LogP contribution in [-0.2, 0) is 19.4 Å². The fourth-order valence-electron chi connectivity index (χ4n) is 3.04. The van der Waals surface area contributed by atoms with E-state index in [9.17, 15) is 0 Å². The molecule has 0 spiro atoms. The first-order chi connectivity index (χ1) is 13.2. The van der Waals surface area contributed by atoms with Gasteiger partial charge >= 0.3 is 0 Å². The normalized spacial score (nSPS) is 16.6. The molecule has 0 amide bonds. The third-order valence-corrected chi connectivity index (χ3v) is 5.13. The minimum absolute atomic E-state index is 0. The molecule has 0 bridgehead atoms. The lowest BCUT2D eigenvalue weighted by Gasteiger charge is -2.25. The number of furan rings is 1. The number of hydrogen-bond acceptors (Lipinski definition) is 5. The number of halogens is 1. The summed E-state index contributed by atoms with van der Waals surface area (Å²) < 4.78 is 7.46. The minimum atomic E-state index is 0. The van der Waals surface area contributed by atoms with Crippen LogP contribution in [0.2, 0.25) is 0 Å². The summed E-state index contributed by atoms with van der Waals surface area (Å²) >= 11 is 1.81. The molecule has 7 nitrogen and oxygen atoms in total. The van der Waals surface area contributed by atoms with Gasteiger partial charge in [0.25, 0.3) is 0 Å². The monoisotopic (exact) mass is 518 g/mol. The molecule has 156 valence electrons. The maximum atomic E-state index is 5.40. The van der Waals surface area contributed by atoms with Gasteiger partial charge in [-0.2, -0.15) is 16.9 Å². The summed E-state index contributed by atoms with van der Waals surface area (Å²) in [5, 5.41) is 11.7. The van der Waals surface area contributed by atoms with Crippen LogP contribution >= 0.6 is 35.7 Å². The summed E-state index contributed by atoms with van der Waals surface area (Å²) in [5.41, 5.74) is 0. The van der Waals surface area contributed by atoms with Gasteiger partial charge in [-0.15, -0.1) is 24.0 Å². The van der Waals surface area contributed by atoms with Crippen LogP contribution in [0.25, 0.3) is 0 Å². The topological polar surface area (TPSA) is 80.3 Å². The zero-order valence-electron chi connectivity index (χ0n) is 16.9. The number of thioether (sulfide) groups is 1. The molecule has 3 rings (SSSR count). The van der Waals surface area contributed by atoms with E-state index in [2.05, 4.69) is 45.5 Å². The van der Waals surface area contributed by atoms with Crippen LogP contribution in [0.3, 0.4) is 0 Å². The van der Waals surface area contributed by atoms with Gasteiger partial charge in [-0.25, -0.2) is 9.67 Å². The first kappa shape index (κ1) is 23.1. The van der Waals surface area contributed by atoms with Crippen molar-refractivity contribution in [3.05, 3.63) is 35.8 Å². The highest BCUT2D eigenvalue weighted by Crippen LogP contribution is 2.17. The average molecular weight is 518 g/mol. The van der Waals surface area contributed by atoms with Crippen LogP contribution in [-0.4, -0.2) is 51.9 Å². The molecule has 0 fully saturated rings. The number of nitrogens with zero attached hydrogens (tertiary/aromatic N) is 4. The molecule has 1 aliphatic heterocycles. The second kappa shape index (κ2) is 11.7. The van der Waals surface area contributed by atoms with E-state index in [0.29, 0.717) is 12.0 Å². The lowest BCUT2D eigenvalue weighted by atomic mass is 10.1. The first-order valence-electron chi connectivity index (χ1n) is 9.65. The highest BCUT2D eigenvalue weighted by Gasteiger charge is 2.23. The Bertz CT molecular complexity index is 731. The third kappa shape index (κ3) is 6.68. The maximum Gasteiger partial charge on any atom is 0.191 e. The molecule has 3 heterocycles. The summed E-state index contributed by atoms with van der Waals surface area (Å²) in [4.78, 5) is 9.38. The summed E-state index contributed by atoms with van der Waals surface area (Å²) in [6, 6.07) is 4.23. The molecule has 2 N–H and O–H groups in total. The fourth-order valence-corrected chi connectivity index (χ4v) is 3.32. The van der Waals surface area contributed by atoms with Crippen LogP contribution < -0.4 is 10.6 Å². The SMILES string of the molecule is CSCCN=C(NCCc1ccco1)NC1CCc2nc(C(C)C)nn2C1.I. The van der Waals surface area contributed by atoms with Gasteiger partial charge in [0.1, 0.15) is 11.6 Å². The van der Waals surface area contributed by atoms with E-state index in [1.165, 1.54) is 0 Å². The maximum absolute atomic E-state index is 5.40. The Morgan fingerprint density at radius 3 is 3.04 bits per heavy atom. The van der Waals surface area contributed by atoms with E-state index < -0.39 is 0 Å². The summed E-state index contributed by atoms with van der Waals surface area (Å²) in [6.07, 6.45) is 6.64. The molecule has 1 unspecified atom stereocenters. The largest absolute Gasteiger partial charge is 0.469 e. The molecule has 9 heteroatoms. The summed E-state index contributed by atoms with van der Waals surface area (Å²) in [5.74, 6) is 5.27. The fraction of sp³-hybridized carbons (Fsp3) is 0.632. The van der Waals surface area contributed by atoms with E-state index in [1.807, 2.05) is 23.9 Å². The zero-order valence-corrected chi connectivity index (χ0v) is 20.0. The van der Waals surface area contributed by atoms with Crippen LogP contribution in [0, 0.1) is 0 Å². The van der Waals surface area contributed by atoms with Crippen LogP contribution in [0.15, 0.2) is 27.8 Å². The standard InChI is InChI=1S/C19H30N6OS.HI/c1-14(2)18-23-17-7-6-15(13-25(17)24-18)22-19(21-10-12-27-3)20-9-8-16-5-4-11-26-16;/h4-5,11,14-15H,6-10,12-13H2,1-3H3,(H2,20,21,22);1H. The van der Waals surface area contributed by atoms with E-state index in [1.54, 1.807) is 6.26 Å². The minimum Gasteiger partial charge on any atom is -0.469 e. The van der Waals surface area contributed by atoms with Crippen molar-refractivity contribution < 1.29 is 4.42 Å². The first-order valence-corrected chi connectivity index (χ1v) is 11.0. The molecule has 1 aliphatic rings. The van der Waals surface area contributed by atoms with Gasteiger partial charge in [0.05, 0.1) is 19.4 Å². The van der Waals surface area contributed by atoms with E-state index in [0.717, 1.165) is 68.0 Å². The number of nitrogens with one attached hydrogen (secondary N) is 2. The van der Waals surface area contributed by atoms with Gasteiger partial charge in [0, 0.05) is 37.1 Å². The number of aliphatic imine (C=N–C) groups is 1. The van der Waals surface area contributed by atoms with Gasteiger partial charge in [0.2, 0.25) is 0 Å². The molecular formula is C19H31IN6OS. The molecule has 28 heavy (non-hydrogen) atoms. The van der Waals surface area contributed by atoms with Gasteiger partial charge in [0.15, 0.2) is 11.8 Å². The van der Waals surface area contributed by atoms with Crippen molar-refractivity contribution in [1.29, 1.82) is 0 Å². The number of guanidine groups is 1. The summed E-state index contributed by atoms with van der Waals surface area (Å²) in [6.45, 7) is 6.69. The van der Waals surface area contributed by atoms with Crippen molar-refractivity contribution in [2.45, 2.75) is 51.6 Å². The Morgan fingerprint density at radius 2 is 2.32 bits per heavy atom. The number of aromatic nitrogens is 3. The smallest absolute Gasteiger partial charge is 0.191 e. The Balaban J connectivity index is 0.00000280. The Kier molecular flexibility index (Phi) is 9.63. The molecule has 2 aromatic heterocycles. The van der Waals surface area contributed by atoms with Crippen molar-refractivity contribution >= 4 is 41.7 Å². The van der Waals surface area contributed by atoms with Crippen molar-refractivity contribution in [1.82, 2.24) is 25.4 Å². The lowest BCUT2D eigenvalue weighted by molar-refractivity contribution is 0.391. The Labute approximate surface area is 188 Å². The highest BCUT2D eigenvalue weighted by atomic mass is 127. The number of hydrogen-bond donors (Lipinski definition) is 2. The predicted molar refractivity (Wildman–Crippen MR) is 126 cm³/mol. The number of rotatable bonds is 8. The van der Waals surface area contributed by atoms with Gasteiger partial charge in [-0.05, 0) is 24.8 Å². The van der Waals surface area contributed by atoms with Crippen molar-refractivity contribution in [2.24, 2.45) is 4.99 Å². The molecule has 0 saturated heterocycles. The molecule has 0 aliphatic carbocycles. The van der Waals surface area contributed by atoms with E-state index in [-0.39, 0.29) is 24.0 Å². The molecule has 0 radical (unpaired) electrons. The predicted octanol–water partition coefficient (Wildman–Crippen LogP) is 3.07. The van der Waals surface area contributed by atoms with Crippen LogP contribution in [0.5, 0.6) is 0 Å². The van der Waals surface area contributed by atoms with E-state index in [4.69, 9.17) is 9.41 Å². The Hall–Kier alpha value is -1.23. The zero-order chi connectivity index (χ0) is 19.1. The van der Waals surface area contributed by atoms with Gasteiger partial charge in [-0.3, -0.25) is 4.99 Å². The second-order valence-electron chi connectivity index (χ2n) is 7.08. The van der Waals surface area contributed by atoms with Gasteiger partial charge in [-0.1, -0.05) is 13.8 Å². The quantitative estimate of drug-likeness (QED) is 0.242. The van der Waals surface area contributed by atoms with Gasteiger partial charge < -0.3 is 15.1 Å². The molecule has 0 aromatic carbocycles. The van der Waals surface area contributed by atoms with Crippen LogP contribution in [0.1, 0.15) is 43.6 Å². The molecule has 2 aromatic rings. The lowest BCUT2D eigenvalue weighted by Crippen LogP contribution is -2.47. The average Bonchev–Trinajstić information content (AvgIpc) is 3.30. The highest BCUT2D eigenvalue weighted by molar-refractivity contribution is 14.0. The summed E-state index contributed by atoms with van der Waals surface area (Å²) in [7, 11) is 0. The molecular weight excluding hydrogens is 487 g/mol.